The van der Waals surface area contributed by atoms with Gasteiger partial charge in [0.15, 0.2) is 0 Å². The lowest BCUT2D eigenvalue weighted by Gasteiger charge is -2.03. The maximum Gasteiger partial charge on any atom is 0.0257 e. The predicted octanol–water partition coefficient (Wildman–Crippen LogP) is 4.70. The van der Waals surface area contributed by atoms with Gasteiger partial charge in [0, 0.05) is 5.88 Å². The van der Waals surface area contributed by atoms with Crippen LogP contribution in [0.5, 0.6) is 0 Å². The summed E-state index contributed by atoms with van der Waals surface area (Å²) in [6, 6.07) is 19.4. The molecule has 0 saturated heterocycles. The first-order valence-corrected chi connectivity index (χ1v) is 6.63. The average molecular weight is 243 g/mol. The molecule has 2 aromatic rings. The third-order valence-electron chi connectivity index (χ3n) is 3.57. The van der Waals surface area contributed by atoms with E-state index in [1.165, 1.54) is 23.1 Å². The second-order valence-electron chi connectivity index (χ2n) is 4.74. The molecular weight excluding hydrogens is 228 g/mol. The lowest BCUT2D eigenvalue weighted by atomic mass is 10.0. The molecule has 1 heteroatoms. The summed E-state index contributed by atoms with van der Waals surface area (Å²) in [6.07, 6.45) is 1.26. The molecule has 0 nitrogen and oxygen atoms in total. The molecule has 0 bridgehead atoms. The van der Waals surface area contributed by atoms with Crippen molar-refractivity contribution in [2.45, 2.75) is 12.3 Å². The summed E-state index contributed by atoms with van der Waals surface area (Å²) in [7, 11) is 0. The molecule has 3 rings (SSSR count). The summed E-state index contributed by atoms with van der Waals surface area (Å²) < 4.78 is 0. The molecule has 0 heterocycles. The Hall–Kier alpha value is -1.27. The maximum atomic E-state index is 5.87. The predicted molar refractivity (Wildman–Crippen MR) is 73.4 cm³/mol. The van der Waals surface area contributed by atoms with Gasteiger partial charge in [0.05, 0.1) is 0 Å². The second kappa shape index (κ2) is 4.54. The van der Waals surface area contributed by atoms with E-state index in [9.17, 15) is 0 Å². The van der Waals surface area contributed by atoms with Gasteiger partial charge in [0.1, 0.15) is 0 Å². The van der Waals surface area contributed by atoms with Crippen molar-refractivity contribution in [3.05, 3.63) is 60.2 Å². The Labute approximate surface area is 107 Å². The molecule has 0 aliphatic heterocycles. The van der Waals surface area contributed by atoms with Crippen LogP contribution in [-0.2, 0) is 0 Å². The van der Waals surface area contributed by atoms with Crippen molar-refractivity contribution >= 4 is 11.6 Å². The molecule has 0 N–H and O–H groups in total. The largest absolute Gasteiger partial charge is 0.126 e. The van der Waals surface area contributed by atoms with Crippen LogP contribution in [-0.4, -0.2) is 5.88 Å². The Morgan fingerprint density at radius 3 is 2.12 bits per heavy atom. The van der Waals surface area contributed by atoms with Crippen molar-refractivity contribution < 1.29 is 0 Å². The first-order chi connectivity index (χ1) is 8.38. The molecule has 2 unspecified atom stereocenters. The first-order valence-electron chi connectivity index (χ1n) is 6.10. The first kappa shape index (κ1) is 10.9. The summed E-state index contributed by atoms with van der Waals surface area (Å²) in [5.74, 6) is 2.21. The van der Waals surface area contributed by atoms with Crippen LogP contribution in [0.1, 0.15) is 17.9 Å². The zero-order valence-electron chi connectivity index (χ0n) is 9.64. The highest BCUT2D eigenvalue weighted by Crippen LogP contribution is 2.48. The van der Waals surface area contributed by atoms with Gasteiger partial charge in [-0.25, -0.2) is 0 Å². The third-order valence-corrected chi connectivity index (χ3v) is 3.96. The lowest BCUT2D eigenvalue weighted by molar-refractivity contribution is 0.923. The van der Waals surface area contributed by atoms with Gasteiger partial charge in [-0.2, -0.15) is 0 Å². The van der Waals surface area contributed by atoms with Crippen molar-refractivity contribution in [3.8, 4) is 11.1 Å². The van der Waals surface area contributed by atoms with Crippen LogP contribution >= 0.6 is 11.6 Å². The minimum atomic E-state index is 0.706. The highest BCUT2D eigenvalue weighted by molar-refractivity contribution is 6.18. The number of rotatable bonds is 3. The molecule has 17 heavy (non-hydrogen) atoms. The van der Waals surface area contributed by atoms with Gasteiger partial charge in [-0.3, -0.25) is 0 Å². The van der Waals surface area contributed by atoms with Crippen LogP contribution in [0.15, 0.2) is 54.6 Å². The fourth-order valence-corrected chi connectivity index (χ4v) is 2.72. The lowest BCUT2D eigenvalue weighted by Crippen LogP contribution is -1.85. The van der Waals surface area contributed by atoms with E-state index in [4.69, 9.17) is 11.6 Å². The smallest absolute Gasteiger partial charge is 0.0257 e. The summed E-state index contributed by atoms with van der Waals surface area (Å²) in [5, 5.41) is 0. The molecule has 1 fully saturated rings. The molecule has 2 aromatic carbocycles. The molecule has 2 atom stereocenters. The van der Waals surface area contributed by atoms with Gasteiger partial charge in [0.2, 0.25) is 0 Å². The number of hydrogen-bond acceptors (Lipinski definition) is 0. The van der Waals surface area contributed by atoms with Gasteiger partial charge in [-0.1, -0.05) is 54.6 Å². The zero-order valence-corrected chi connectivity index (χ0v) is 10.4. The zero-order chi connectivity index (χ0) is 11.7. The van der Waals surface area contributed by atoms with Crippen molar-refractivity contribution in [1.29, 1.82) is 0 Å². The van der Waals surface area contributed by atoms with Crippen LogP contribution in [0.25, 0.3) is 11.1 Å². The Morgan fingerprint density at radius 1 is 0.882 bits per heavy atom. The normalized spacial score (nSPS) is 22.4. The standard InChI is InChI=1S/C16H15Cl/c17-11-15-10-16(15)14-8-6-13(7-9-14)12-4-2-1-3-5-12/h1-9,15-16H,10-11H2. The molecule has 86 valence electrons. The van der Waals surface area contributed by atoms with Gasteiger partial charge in [-0.15, -0.1) is 11.6 Å². The fraction of sp³-hybridized carbons (Fsp3) is 0.250. The van der Waals surface area contributed by atoms with Crippen molar-refractivity contribution in [3.63, 3.8) is 0 Å². The van der Waals surface area contributed by atoms with Gasteiger partial charge < -0.3 is 0 Å². The van der Waals surface area contributed by atoms with Crippen LogP contribution in [0, 0.1) is 5.92 Å². The molecule has 1 aliphatic carbocycles. The van der Waals surface area contributed by atoms with Crippen LogP contribution in [0.3, 0.4) is 0 Å². The Morgan fingerprint density at radius 2 is 1.53 bits per heavy atom. The summed E-state index contributed by atoms with van der Waals surface area (Å²) >= 11 is 5.87. The summed E-state index contributed by atoms with van der Waals surface area (Å²) in [5.41, 5.74) is 4.01. The Balaban J connectivity index is 1.82. The minimum Gasteiger partial charge on any atom is -0.126 e. The van der Waals surface area contributed by atoms with Crippen LogP contribution in [0.2, 0.25) is 0 Å². The van der Waals surface area contributed by atoms with Crippen molar-refractivity contribution in [1.82, 2.24) is 0 Å². The number of halogens is 1. The SMILES string of the molecule is ClCC1CC1c1ccc(-c2ccccc2)cc1. The quantitative estimate of drug-likeness (QED) is 0.685. The van der Waals surface area contributed by atoms with Crippen molar-refractivity contribution in [2.75, 3.05) is 5.88 Å². The second-order valence-corrected chi connectivity index (χ2v) is 5.05. The Kier molecular flexibility index (Phi) is 2.90. The molecule has 1 saturated carbocycles. The number of alkyl halides is 1. The summed E-state index contributed by atoms with van der Waals surface area (Å²) in [6.45, 7) is 0. The van der Waals surface area contributed by atoms with E-state index in [0.29, 0.717) is 11.8 Å². The van der Waals surface area contributed by atoms with Gasteiger partial charge in [0.25, 0.3) is 0 Å². The highest BCUT2D eigenvalue weighted by Gasteiger charge is 2.37. The molecule has 0 amide bonds. The average Bonchev–Trinajstić information content (AvgIpc) is 3.19. The van der Waals surface area contributed by atoms with E-state index < -0.39 is 0 Å². The van der Waals surface area contributed by atoms with E-state index in [2.05, 4.69) is 48.5 Å². The van der Waals surface area contributed by atoms with E-state index in [-0.39, 0.29) is 0 Å². The topological polar surface area (TPSA) is 0 Å². The number of benzene rings is 2. The molecule has 1 aliphatic rings. The van der Waals surface area contributed by atoms with E-state index in [1.54, 1.807) is 0 Å². The fourth-order valence-electron chi connectivity index (χ4n) is 2.38. The van der Waals surface area contributed by atoms with Gasteiger partial charge >= 0.3 is 0 Å². The number of hydrogen-bond donors (Lipinski definition) is 0. The molecule has 0 spiro atoms. The molecule has 0 radical (unpaired) electrons. The third kappa shape index (κ3) is 2.23. The summed E-state index contributed by atoms with van der Waals surface area (Å²) in [4.78, 5) is 0. The van der Waals surface area contributed by atoms with E-state index >= 15 is 0 Å². The van der Waals surface area contributed by atoms with E-state index in [0.717, 1.165) is 5.88 Å². The molecule has 0 aromatic heterocycles. The maximum absolute atomic E-state index is 5.87. The van der Waals surface area contributed by atoms with Gasteiger partial charge in [-0.05, 0) is 34.9 Å². The van der Waals surface area contributed by atoms with Crippen LogP contribution in [0.4, 0.5) is 0 Å². The highest BCUT2D eigenvalue weighted by atomic mass is 35.5. The Bertz CT molecular complexity index is 487. The van der Waals surface area contributed by atoms with Crippen LogP contribution < -0.4 is 0 Å². The minimum absolute atomic E-state index is 0.706. The van der Waals surface area contributed by atoms with E-state index in [1.807, 2.05) is 6.07 Å². The van der Waals surface area contributed by atoms with Crippen molar-refractivity contribution in [2.24, 2.45) is 5.92 Å². The monoisotopic (exact) mass is 242 g/mol. The molecular formula is C16H15Cl.